The van der Waals surface area contributed by atoms with E-state index in [0.717, 1.165) is 6.42 Å². The number of alkyl halides is 1. The van der Waals surface area contributed by atoms with Gasteiger partial charge in [-0.3, -0.25) is 0 Å². The highest BCUT2D eigenvalue weighted by Gasteiger charge is 2.16. The van der Waals surface area contributed by atoms with Gasteiger partial charge in [0.1, 0.15) is 0 Å². The molecule has 0 amide bonds. The van der Waals surface area contributed by atoms with E-state index in [1.165, 1.54) is 109 Å². The van der Waals surface area contributed by atoms with Gasteiger partial charge in [0.15, 0.2) is 0 Å². The van der Waals surface area contributed by atoms with E-state index in [1.54, 1.807) is 0 Å². The predicted octanol–water partition coefficient (Wildman–Crippen LogP) is 9.21. The Kier molecular flexibility index (Phi) is 21.6. The largest absolute Gasteiger partial charge is 0.344 e. The van der Waals surface area contributed by atoms with Crippen LogP contribution in [0.1, 0.15) is 136 Å². The summed E-state index contributed by atoms with van der Waals surface area (Å²) in [5, 5.41) is 0. The normalized spacial score (nSPS) is 13.5. The molecule has 0 aromatic rings. The van der Waals surface area contributed by atoms with E-state index in [9.17, 15) is 0 Å². The van der Waals surface area contributed by atoms with Crippen LogP contribution >= 0.6 is 11.6 Å². The van der Waals surface area contributed by atoms with Crippen molar-refractivity contribution in [1.82, 2.24) is 6.15 Å². The topological polar surface area (TPSA) is 35.0 Å². The summed E-state index contributed by atoms with van der Waals surface area (Å²) in [4.78, 5) is 0.0516. The SMILES string of the molecule is CCCCCCCCCCCCCCCCCCC(C)(Cl)CC.N. The maximum atomic E-state index is 6.39. The molecule has 0 aliphatic heterocycles. The van der Waals surface area contributed by atoms with Gasteiger partial charge in [-0.2, -0.15) is 0 Å². The molecule has 0 aromatic carbocycles. The molecule has 0 rings (SSSR count). The Morgan fingerprint density at radius 2 is 0.833 bits per heavy atom. The summed E-state index contributed by atoms with van der Waals surface area (Å²) < 4.78 is 0. The van der Waals surface area contributed by atoms with Crippen LogP contribution in [0.25, 0.3) is 0 Å². The third kappa shape index (κ3) is 20.3. The van der Waals surface area contributed by atoms with Crippen molar-refractivity contribution < 1.29 is 0 Å². The van der Waals surface area contributed by atoms with Crippen molar-refractivity contribution in [2.45, 2.75) is 141 Å². The Labute approximate surface area is 159 Å². The molecule has 1 atom stereocenters. The van der Waals surface area contributed by atoms with E-state index in [0.29, 0.717) is 0 Å². The lowest BCUT2D eigenvalue weighted by Crippen LogP contribution is -2.13. The number of hydrogen-bond acceptors (Lipinski definition) is 1. The lowest BCUT2D eigenvalue weighted by Gasteiger charge is -2.19. The van der Waals surface area contributed by atoms with E-state index in [1.807, 2.05) is 0 Å². The van der Waals surface area contributed by atoms with E-state index in [-0.39, 0.29) is 11.0 Å². The lowest BCUT2D eigenvalue weighted by atomic mass is 9.98. The van der Waals surface area contributed by atoms with Gasteiger partial charge in [0.25, 0.3) is 0 Å². The summed E-state index contributed by atoms with van der Waals surface area (Å²) in [5.74, 6) is 0. The van der Waals surface area contributed by atoms with Gasteiger partial charge in [-0.15, -0.1) is 11.6 Å². The summed E-state index contributed by atoms with van der Waals surface area (Å²) in [7, 11) is 0. The molecule has 3 N–H and O–H groups in total. The maximum Gasteiger partial charge on any atom is 0.0416 e. The predicted molar refractivity (Wildman–Crippen MR) is 114 cm³/mol. The first-order valence-corrected chi connectivity index (χ1v) is 11.2. The van der Waals surface area contributed by atoms with Crippen LogP contribution in [0.3, 0.4) is 0 Å². The van der Waals surface area contributed by atoms with Gasteiger partial charge in [0.05, 0.1) is 0 Å². The molecule has 0 bridgehead atoms. The number of rotatable bonds is 18. The Morgan fingerprint density at radius 3 is 1.12 bits per heavy atom. The van der Waals surface area contributed by atoms with Gasteiger partial charge in [-0.25, -0.2) is 0 Å². The minimum Gasteiger partial charge on any atom is -0.344 e. The molecule has 0 radical (unpaired) electrons. The van der Waals surface area contributed by atoms with Gasteiger partial charge in [0.2, 0.25) is 0 Å². The van der Waals surface area contributed by atoms with Crippen LogP contribution in [0.5, 0.6) is 0 Å². The second-order valence-corrected chi connectivity index (χ2v) is 8.73. The fourth-order valence-electron chi connectivity index (χ4n) is 3.22. The van der Waals surface area contributed by atoms with Crippen LogP contribution in [0.4, 0.5) is 0 Å². The zero-order valence-corrected chi connectivity index (χ0v) is 18.1. The van der Waals surface area contributed by atoms with Crippen molar-refractivity contribution in [3.8, 4) is 0 Å². The first kappa shape index (κ1) is 26.5. The van der Waals surface area contributed by atoms with Crippen LogP contribution < -0.4 is 6.15 Å². The molecule has 0 aliphatic rings. The first-order chi connectivity index (χ1) is 11.1. The molecule has 0 fully saturated rings. The molecule has 148 valence electrons. The minimum absolute atomic E-state index is 0. The molecule has 2 heteroatoms. The number of unbranched alkanes of at least 4 members (excludes halogenated alkanes) is 15. The fourth-order valence-corrected chi connectivity index (χ4v) is 3.35. The van der Waals surface area contributed by atoms with Gasteiger partial charge in [-0.05, 0) is 19.8 Å². The summed E-state index contributed by atoms with van der Waals surface area (Å²) in [6, 6.07) is 0. The highest BCUT2D eigenvalue weighted by Crippen LogP contribution is 2.26. The van der Waals surface area contributed by atoms with Gasteiger partial charge < -0.3 is 6.15 Å². The smallest absolute Gasteiger partial charge is 0.0416 e. The van der Waals surface area contributed by atoms with Crippen molar-refractivity contribution in [1.29, 1.82) is 0 Å². The van der Waals surface area contributed by atoms with Crippen LogP contribution in [0, 0.1) is 0 Å². The van der Waals surface area contributed by atoms with Crippen LogP contribution in [0.15, 0.2) is 0 Å². The van der Waals surface area contributed by atoms with Crippen molar-refractivity contribution in [2.75, 3.05) is 0 Å². The molecular weight excluding hydrogens is 314 g/mol. The van der Waals surface area contributed by atoms with Crippen molar-refractivity contribution in [3.05, 3.63) is 0 Å². The van der Waals surface area contributed by atoms with Crippen molar-refractivity contribution in [2.24, 2.45) is 0 Å². The monoisotopic (exact) mass is 361 g/mol. The van der Waals surface area contributed by atoms with Crippen molar-refractivity contribution in [3.63, 3.8) is 0 Å². The number of hydrogen-bond donors (Lipinski definition) is 1. The Balaban J connectivity index is 0. The molecule has 1 unspecified atom stereocenters. The Hall–Kier alpha value is 0.250. The second-order valence-electron chi connectivity index (χ2n) is 7.82. The van der Waals surface area contributed by atoms with E-state index < -0.39 is 0 Å². The zero-order chi connectivity index (χ0) is 17.2. The van der Waals surface area contributed by atoms with Gasteiger partial charge in [-0.1, -0.05) is 117 Å². The summed E-state index contributed by atoms with van der Waals surface area (Å²) in [5.41, 5.74) is 0. The highest BCUT2D eigenvalue weighted by molar-refractivity contribution is 6.23. The number of halogens is 1. The second kappa shape index (κ2) is 19.6. The van der Waals surface area contributed by atoms with E-state index in [2.05, 4.69) is 20.8 Å². The average Bonchev–Trinajstić information content (AvgIpc) is 2.54. The van der Waals surface area contributed by atoms with E-state index >= 15 is 0 Å². The standard InChI is InChI=1S/C22H45Cl.H3N/c1-4-6-7-8-9-10-11-12-13-14-15-16-17-18-19-20-21-22(3,23)5-2;/h4-21H2,1-3H3;1H3. The average molecular weight is 362 g/mol. The summed E-state index contributed by atoms with van der Waals surface area (Å²) >= 11 is 6.39. The highest BCUT2D eigenvalue weighted by atomic mass is 35.5. The summed E-state index contributed by atoms with van der Waals surface area (Å²) in [6.07, 6.45) is 25.3. The van der Waals surface area contributed by atoms with Crippen molar-refractivity contribution >= 4 is 11.6 Å². The Bertz CT molecular complexity index is 228. The molecule has 24 heavy (non-hydrogen) atoms. The van der Waals surface area contributed by atoms with E-state index in [4.69, 9.17) is 11.6 Å². The van der Waals surface area contributed by atoms with Gasteiger partial charge in [0, 0.05) is 4.87 Å². The quantitative estimate of drug-likeness (QED) is 0.191. The third-order valence-electron chi connectivity index (χ3n) is 5.29. The van der Waals surface area contributed by atoms with Crippen LogP contribution in [-0.4, -0.2) is 4.87 Å². The third-order valence-corrected chi connectivity index (χ3v) is 5.75. The molecule has 0 spiro atoms. The zero-order valence-electron chi connectivity index (χ0n) is 17.3. The molecule has 0 aliphatic carbocycles. The maximum absolute atomic E-state index is 6.39. The van der Waals surface area contributed by atoms with Crippen LogP contribution in [0.2, 0.25) is 0 Å². The molecule has 1 nitrogen and oxygen atoms in total. The Morgan fingerprint density at radius 1 is 0.542 bits per heavy atom. The first-order valence-electron chi connectivity index (χ1n) is 10.8. The molecule has 0 saturated carbocycles. The summed E-state index contributed by atoms with van der Waals surface area (Å²) in [6.45, 7) is 6.67. The fraction of sp³-hybridized carbons (Fsp3) is 1.00. The minimum atomic E-state index is 0. The lowest BCUT2D eigenvalue weighted by molar-refractivity contribution is 0.493. The molecule has 0 aromatic heterocycles. The molecule has 0 saturated heterocycles. The van der Waals surface area contributed by atoms with Crippen LogP contribution in [-0.2, 0) is 0 Å². The van der Waals surface area contributed by atoms with Gasteiger partial charge >= 0.3 is 0 Å². The molecule has 0 heterocycles. The molecular formula is C22H48ClN.